The molecule has 0 amide bonds. The van der Waals surface area contributed by atoms with E-state index in [9.17, 15) is 0 Å². The van der Waals surface area contributed by atoms with Crippen LogP contribution in [0.15, 0.2) is 54.6 Å². The van der Waals surface area contributed by atoms with Crippen LogP contribution in [-0.2, 0) is 6.42 Å². The van der Waals surface area contributed by atoms with Crippen LogP contribution >= 0.6 is 23.5 Å². The zero-order chi connectivity index (χ0) is 15.2. The Balaban J connectivity index is 1.83. The van der Waals surface area contributed by atoms with Crippen LogP contribution in [0, 0.1) is 0 Å². The van der Waals surface area contributed by atoms with Crippen molar-refractivity contribution in [2.75, 3.05) is 18.6 Å². The van der Waals surface area contributed by atoms with Crippen molar-refractivity contribution in [2.45, 2.75) is 23.3 Å². The molecule has 2 aromatic rings. The lowest BCUT2D eigenvalue weighted by Gasteiger charge is -2.30. The molecule has 0 radical (unpaired) electrons. The standard InChI is InChI=1S/C19H22OS2/c1-20-17-10-8-16(9-11-17)18(19-21-12-5-13-22-19)14-15-6-3-2-4-7-15/h2-4,6-11,18-19H,5,12-14H2,1H3. The Kier molecular flexibility index (Phi) is 5.74. The summed E-state index contributed by atoms with van der Waals surface area (Å²) in [6, 6.07) is 19.5. The smallest absolute Gasteiger partial charge is 0.118 e. The zero-order valence-electron chi connectivity index (χ0n) is 12.9. The normalized spacial score (nSPS) is 17.1. The lowest BCUT2D eigenvalue weighted by atomic mass is 9.93. The third kappa shape index (κ3) is 4.02. The predicted molar refractivity (Wildman–Crippen MR) is 99.2 cm³/mol. The summed E-state index contributed by atoms with van der Waals surface area (Å²) in [4.78, 5) is 0. The first kappa shape index (κ1) is 15.8. The molecule has 1 unspecified atom stereocenters. The molecule has 0 saturated carbocycles. The molecule has 1 nitrogen and oxygen atoms in total. The third-order valence-electron chi connectivity index (χ3n) is 4.02. The number of ether oxygens (including phenoxy) is 1. The highest BCUT2D eigenvalue weighted by molar-refractivity contribution is 8.17. The van der Waals surface area contributed by atoms with E-state index < -0.39 is 0 Å². The quantitative estimate of drug-likeness (QED) is 0.744. The van der Waals surface area contributed by atoms with Crippen molar-refractivity contribution >= 4 is 23.5 Å². The van der Waals surface area contributed by atoms with Crippen LogP contribution in [0.2, 0.25) is 0 Å². The molecule has 1 heterocycles. The Morgan fingerprint density at radius 1 is 1.00 bits per heavy atom. The van der Waals surface area contributed by atoms with Gasteiger partial charge in [0, 0.05) is 5.92 Å². The average molecular weight is 331 g/mol. The van der Waals surface area contributed by atoms with E-state index in [-0.39, 0.29) is 0 Å². The number of benzene rings is 2. The maximum atomic E-state index is 5.30. The number of thioether (sulfide) groups is 2. The Labute approximate surface area is 141 Å². The van der Waals surface area contributed by atoms with Gasteiger partial charge in [0.25, 0.3) is 0 Å². The minimum absolute atomic E-state index is 0.559. The summed E-state index contributed by atoms with van der Waals surface area (Å²) in [5, 5.41) is 0. The highest BCUT2D eigenvalue weighted by Crippen LogP contribution is 2.42. The van der Waals surface area contributed by atoms with Crippen LogP contribution in [0.4, 0.5) is 0 Å². The third-order valence-corrected chi connectivity index (χ3v) is 7.20. The minimum atomic E-state index is 0.559. The van der Waals surface area contributed by atoms with E-state index >= 15 is 0 Å². The van der Waals surface area contributed by atoms with Crippen LogP contribution in [0.1, 0.15) is 23.5 Å². The molecule has 1 aliphatic heterocycles. The fourth-order valence-electron chi connectivity index (χ4n) is 2.83. The SMILES string of the molecule is COc1ccc(C(Cc2ccccc2)C2SCCCS2)cc1. The second kappa shape index (κ2) is 7.98. The van der Waals surface area contributed by atoms with Crippen LogP contribution in [0.3, 0.4) is 0 Å². The maximum absolute atomic E-state index is 5.30. The first-order valence-electron chi connectivity index (χ1n) is 7.78. The summed E-state index contributed by atoms with van der Waals surface area (Å²) in [7, 11) is 1.73. The monoisotopic (exact) mass is 330 g/mol. The largest absolute Gasteiger partial charge is 0.497 e. The van der Waals surface area contributed by atoms with E-state index in [2.05, 4.69) is 78.1 Å². The van der Waals surface area contributed by atoms with Gasteiger partial charge in [-0.05, 0) is 47.6 Å². The van der Waals surface area contributed by atoms with Gasteiger partial charge in [-0.3, -0.25) is 0 Å². The molecule has 3 heteroatoms. The molecule has 0 spiro atoms. The van der Waals surface area contributed by atoms with Crippen molar-refractivity contribution in [2.24, 2.45) is 0 Å². The lowest BCUT2D eigenvalue weighted by molar-refractivity contribution is 0.414. The van der Waals surface area contributed by atoms with Gasteiger partial charge < -0.3 is 4.74 Å². The minimum Gasteiger partial charge on any atom is -0.497 e. The maximum Gasteiger partial charge on any atom is 0.118 e. The zero-order valence-corrected chi connectivity index (χ0v) is 14.5. The van der Waals surface area contributed by atoms with Gasteiger partial charge in [-0.2, -0.15) is 0 Å². The molecule has 3 rings (SSSR count). The molecule has 1 atom stereocenters. The first-order chi connectivity index (χ1) is 10.9. The molecule has 0 N–H and O–H groups in total. The van der Waals surface area contributed by atoms with Gasteiger partial charge in [-0.1, -0.05) is 42.5 Å². The van der Waals surface area contributed by atoms with Crippen LogP contribution in [0.5, 0.6) is 5.75 Å². The van der Waals surface area contributed by atoms with Crippen LogP contribution in [0.25, 0.3) is 0 Å². The first-order valence-corrected chi connectivity index (χ1v) is 9.87. The molecule has 0 aliphatic carbocycles. The highest BCUT2D eigenvalue weighted by Gasteiger charge is 2.26. The van der Waals surface area contributed by atoms with Gasteiger partial charge >= 0.3 is 0 Å². The predicted octanol–water partition coefficient (Wildman–Crippen LogP) is 5.22. The van der Waals surface area contributed by atoms with Gasteiger partial charge in [0.05, 0.1) is 11.7 Å². The van der Waals surface area contributed by atoms with Gasteiger partial charge in [-0.15, -0.1) is 23.5 Å². The Morgan fingerprint density at radius 3 is 2.32 bits per heavy atom. The highest BCUT2D eigenvalue weighted by atomic mass is 32.2. The molecule has 0 aromatic heterocycles. The van der Waals surface area contributed by atoms with Gasteiger partial charge in [0.15, 0.2) is 0 Å². The molecule has 1 saturated heterocycles. The molecule has 0 bridgehead atoms. The number of hydrogen-bond donors (Lipinski definition) is 0. The Hall–Kier alpha value is -1.06. The van der Waals surface area contributed by atoms with Gasteiger partial charge in [-0.25, -0.2) is 0 Å². The molecule has 116 valence electrons. The average Bonchev–Trinajstić information content (AvgIpc) is 2.61. The summed E-state index contributed by atoms with van der Waals surface area (Å²) in [5.41, 5.74) is 2.85. The van der Waals surface area contributed by atoms with E-state index in [0.717, 1.165) is 12.2 Å². The Morgan fingerprint density at radius 2 is 1.68 bits per heavy atom. The molecule has 2 aromatic carbocycles. The van der Waals surface area contributed by atoms with Gasteiger partial charge in [0.1, 0.15) is 5.75 Å². The van der Waals surface area contributed by atoms with Crippen molar-refractivity contribution in [1.82, 2.24) is 0 Å². The molecule has 22 heavy (non-hydrogen) atoms. The van der Waals surface area contributed by atoms with E-state index in [1.54, 1.807) is 7.11 Å². The van der Waals surface area contributed by atoms with E-state index in [1.807, 2.05) is 0 Å². The topological polar surface area (TPSA) is 9.23 Å². The summed E-state index contributed by atoms with van der Waals surface area (Å²) >= 11 is 4.25. The Bertz CT molecular complexity index is 562. The second-order valence-electron chi connectivity index (χ2n) is 5.53. The van der Waals surface area contributed by atoms with Crippen molar-refractivity contribution in [3.63, 3.8) is 0 Å². The fourth-order valence-corrected chi connectivity index (χ4v) is 6.03. The van der Waals surface area contributed by atoms with E-state index in [1.165, 1.54) is 29.1 Å². The summed E-state index contributed by atoms with van der Waals surface area (Å²) < 4.78 is 5.96. The van der Waals surface area contributed by atoms with Crippen molar-refractivity contribution in [3.8, 4) is 5.75 Å². The van der Waals surface area contributed by atoms with Gasteiger partial charge in [0.2, 0.25) is 0 Å². The number of rotatable bonds is 5. The summed E-state index contributed by atoms with van der Waals surface area (Å²) in [6.45, 7) is 0. The fraction of sp³-hybridized carbons (Fsp3) is 0.368. The summed E-state index contributed by atoms with van der Waals surface area (Å²) in [5.74, 6) is 4.08. The van der Waals surface area contributed by atoms with Crippen molar-refractivity contribution in [3.05, 3.63) is 65.7 Å². The molecular formula is C19H22OS2. The number of methoxy groups -OCH3 is 1. The van der Waals surface area contributed by atoms with Crippen LogP contribution < -0.4 is 4.74 Å². The van der Waals surface area contributed by atoms with Crippen LogP contribution in [-0.4, -0.2) is 23.2 Å². The van der Waals surface area contributed by atoms with E-state index in [0.29, 0.717) is 10.5 Å². The second-order valence-corrected chi connectivity index (χ2v) is 8.33. The number of hydrogen-bond acceptors (Lipinski definition) is 3. The molecule has 1 fully saturated rings. The van der Waals surface area contributed by atoms with Crippen molar-refractivity contribution < 1.29 is 4.74 Å². The lowest BCUT2D eigenvalue weighted by Crippen LogP contribution is -2.19. The van der Waals surface area contributed by atoms with Crippen molar-refractivity contribution in [1.29, 1.82) is 0 Å². The molecule has 1 aliphatic rings. The molecular weight excluding hydrogens is 308 g/mol. The van der Waals surface area contributed by atoms with E-state index in [4.69, 9.17) is 4.74 Å². The summed E-state index contributed by atoms with van der Waals surface area (Å²) in [6.07, 6.45) is 2.45.